The van der Waals surface area contributed by atoms with Crippen molar-refractivity contribution in [3.8, 4) is 5.75 Å². The summed E-state index contributed by atoms with van der Waals surface area (Å²) >= 11 is 0. The zero-order valence-corrected chi connectivity index (χ0v) is 31.4. The highest BCUT2D eigenvalue weighted by Crippen LogP contribution is 2.32. The second kappa shape index (κ2) is 16.3. The van der Waals surface area contributed by atoms with Crippen molar-refractivity contribution in [1.29, 1.82) is 0 Å². The van der Waals surface area contributed by atoms with E-state index in [9.17, 15) is 19.5 Å². The minimum Gasteiger partial charge on any atom is -0.508 e. The minimum absolute atomic E-state index is 0.0386. The zero-order valence-electron chi connectivity index (χ0n) is 31.4. The van der Waals surface area contributed by atoms with Crippen LogP contribution in [0.15, 0.2) is 73.3 Å². The number of phenolic OH excluding ortho intramolecular Hbond substituents is 1. The van der Waals surface area contributed by atoms with E-state index in [1.54, 1.807) is 11.1 Å². The van der Waals surface area contributed by atoms with Gasteiger partial charge in [-0.3, -0.25) is 19.4 Å². The quantitative estimate of drug-likeness (QED) is 0.285. The Labute approximate surface area is 320 Å². The summed E-state index contributed by atoms with van der Waals surface area (Å²) in [6.45, 7) is 14.2. The van der Waals surface area contributed by atoms with Gasteiger partial charge in [0, 0.05) is 82.0 Å². The van der Waals surface area contributed by atoms with Crippen LogP contribution in [0.25, 0.3) is 0 Å². The van der Waals surface area contributed by atoms with Crippen LogP contribution < -0.4 is 10.2 Å². The summed E-state index contributed by atoms with van der Waals surface area (Å²) in [6, 6.07) is 15.6. The Bertz CT molecular complexity index is 1870. The lowest BCUT2D eigenvalue weighted by molar-refractivity contribution is -0.189. The van der Waals surface area contributed by atoms with Crippen LogP contribution in [0, 0.1) is 11.6 Å². The van der Waals surface area contributed by atoms with E-state index in [-0.39, 0.29) is 32.7 Å². The summed E-state index contributed by atoms with van der Waals surface area (Å²) in [4.78, 5) is 57.4. The number of carbonyl (C=O) groups is 3. The number of piperazine rings is 2. The van der Waals surface area contributed by atoms with Gasteiger partial charge in [0.25, 0.3) is 0 Å². The normalized spacial score (nSPS) is 22.8. The van der Waals surface area contributed by atoms with Crippen molar-refractivity contribution in [2.24, 2.45) is 0 Å². The number of phenols is 1. The molecule has 13 nitrogen and oxygen atoms in total. The number of pyridine rings is 1. The van der Waals surface area contributed by atoms with E-state index < -0.39 is 59.4 Å². The van der Waals surface area contributed by atoms with Gasteiger partial charge in [-0.2, -0.15) is 0 Å². The van der Waals surface area contributed by atoms with Crippen LogP contribution in [0.1, 0.15) is 30.7 Å². The van der Waals surface area contributed by atoms with E-state index >= 15 is 8.78 Å². The Hall–Kier alpha value is -5.12. The molecule has 0 spiro atoms. The van der Waals surface area contributed by atoms with Gasteiger partial charge in [-0.25, -0.2) is 28.6 Å². The molecule has 4 saturated heterocycles. The Morgan fingerprint density at radius 2 is 1.76 bits per heavy atom. The van der Waals surface area contributed by atoms with Crippen LogP contribution in [0.2, 0.25) is 0 Å². The van der Waals surface area contributed by atoms with Gasteiger partial charge in [0.1, 0.15) is 35.4 Å². The van der Waals surface area contributed by atoms with E-state index in [0.717, 1.165) is 62.8 Å². The van der Waals surface area contributed by atoms with Crippen LogP contribution in [-0.2, 0) is 29.1 Å². The first kappa shape index (κ1) is 38.2. The number of rotatable bonds is 11. The van der Waals surface area contributed by atoms with Gasteiger partial charge in [0.2, 0.25) is 11.8 Å². The van der Waals surface area contributed by atoms with Gasteiger partial charge in [-0.15, -0.1) is 6.58 Å². The maximum atomic E-state index is 15.2. The smallest absolute Gasteiger partial charge is 0.334 e. The average molecular weight is 758 g/mol. The number of nitrogens with one attached hydrogen (secondary N) is 1. The molecule has 0 bridgehead atoms. The Morgan fingerprint density at radius 1 is 1.02 bits per heavy atom. The van der Waals surface area contributed by atoms with Gasteiger partial charge >= 0.3 is 6.03 Å². The van der Waals surface area contributed by atoms with Crippen LogP contribution in [0.4, 0.5) is 19.4 Å². The lowest BCUT2D eigenvalue weighted by Crippen LogP contribution is -2.76. The predicted octanol–water partition coefficient (Wildman–Crippen LogP) is 3.02. The van der Waals surface area contributed by atoms with Crippen LogP contribution in [0.3, 0.4) is 0 Å². The number of anilines is 1. The molecular weight excluding hydrogens is 708 g/mol. The first-order chi connectivity index (χ1) is 26.5. The molecule has 0 unspecified atom stereocenters. The van der Waals surface area contributed by atoms with Crippen molar-refractivity contribution in [1.82, 2.24) is 39.9 Å². The third kappa shape index (κ3) is 8.00. The van der Waals surface area contributed by atoms with Crippen molar-refractivity contribution in [2.75, 3.05) is 63.8 Å². The molecule has 4 aliphatic rings. The zero-order chi connectivity index (χ0) is 38.8. The highest BCUT2D eigenvalue weighted by molar-refractivity contribution is 5.91. The Morgan fingerprint density at radius 3 is 2.45 bits per heavy atom. The summed E-state index contributed by atoms with van der Waals surface area (Å²) < 4.78 is 30.4. The number of hydrazine groups is 1. The number of fused-ring (bicyclic) bond motifs is 1. The SMILES string of the molecule is C=CCN1CC(=O)N2[C@@H](Cc3c(F)cc(O)cc3F)C(=O)N(Cc3cccc(N4CC(N5CCN(CC)[C@@H](C)C5)C4)n3)C[C@@H]2N1C(=O)NCc1ccccc1. The highest BCUT2D eigenvalue weighted by atomic mass is 19.1. The van der Waals surface area contributed by atoms with Gasteiger partial charge in [0.15, 0.2) is 0 Å². The molecule has 0 aliphatic carbocycles. The molecule has 4 aliphatic heterocycles. The Kier molecular flexibility index (Phi) is 11.3. The number of aromatic hydroxyl groups is 1. The van der Waals surface area contributed by atoms with Gasteiger partial charge in [0.05, 0.1) is 25.3 Å². The lowest BCUT2D eigenvalue weighted by atomic mass is 9.97. The molecule has 5 heterocycles. The molecular formula is C40H49F2N9O4. The number of amides is 4. The van der Waals surface area contributed by atoms with Crippen molar-refractivity contribution >= 4 is 23.7 Å². The molecule has 0 radical (unpaired) electrons. The molecule has 2 aromatic carbocycles. The van der Waals surface area contributed by atoms with Gasteiger partial charge in [-0.05, 0) is 31.2 Å². The second-order valence-corrected chi connectivity index (χ2v) is 14.8. The molecule has 3 aromatic rings. The molecule has 4 amide bonds. The molecule has 2 N–H and O–H groups in total. The number of aromatic nitrogens is 1. The van der Waals surface area contributed by atoms with E-state index in [4.69, 9.17) is 4.98 Å². The number of hydrogen-bond donors (Lipinski definition) is 2. The lowest BCUT2D eigenvalue weighted by Gasteiger charge is -2.55. The van der Waals surface area contributed by atoms with E-state index in [0.29, 0.717) is 17.8 Å². The largest absolute Gasteiger partial charge is 0.508 e. The maximum Gasteiger partial charge on any atom is 0.334 e. The van der Waals surface area contributed by atoms with Crippen molar-refractivity contribution < 1.29 is 28.3 Å². The second-order valence-electron chi connectivity index (χ2n) is 14.8. The average Bonchev–Trinajstić information content (AvgIpc) is 3.13. The fourth-order valence-electron chi connectivity index (χ4n) is 8.30. The maximum absolute atomic E-state index is 15.2. The number of halogens is 2. The van der Waals surface area contributed by atoms with Crippen molar-refractivity contribution in [2.45, 2.75) is 57.6 Å². The molecule has 292 valence electrons. The summed E-state index contributed by atoms with van der Waals surface area (Å²) in [5, 5.41) is 15.7. The molecule has 1 aromatic heterocycles. The summed E-state index contributed by atoms with van der Waals surface area (Å²) in [7, 11) is 0. The summed E-state index contributed by atoms with van der Waals surface area (Å²) in [5.74, 6) is -2.91. The minimum atomic E-state index is -1.36. The molecule has 3 atom stereocenters. The molecule has 0 saturated carbocycles. The third-order valence-corrected chi connectivity index (χ3v) is 11.2. The van der Waals surface area contributed by atoms with Gasteiger partial charge in [-0.1, -0.05) is 49.4 Å². The van der Waals surface area contributed by atoms with Crippen LogP contribution in [0.5, 0.6) is 5.75 Å². The molecule has 4 fully saturated rings. The number of urea groups is 1. The predicted molar refractivity (Wildman–Crippen MR) is 202 cm³/mol. The first-order valence-electron chi connectivity index (χ1n) is 19.0. The van der Waals surface area contributed by atoms with Crippen LogP contribution in [-0.4, -0.2) is 141 Å². The molecule has 7 rings (SSSR count). The fourth-order valence-corrected chi connectivity index (χ4v) is 8.30. The number of carbonyl (C=O) groups excluding carboxylic acids is 3. The monoisotopic (exact) mass is 757 g/mol. The van der Waals surface area contributed by atoms with E-state index in [1.165, 1.54) is 14.8 Å². The van der Waals surface area contributed by atoms with Crippen molar-refractivity contribution in [3.05, 3.63) is 102 Å². The molecule has 55 heavy (non-hydrogen) atoms. The first-order valence-corrected chi connectivity index (χ1v) is 19.0. The van der Waals surface area contributed by atoms with E-state index in [1.807, 2.05) is 48.5 Å². The fraction of sp³-hybridized carbons (Fsp3) is 0.450. The third-order valence-electron chi connectivity index (χ3n) is 11.2. The van der Waals surface area contributed by atoms with Gasteiger partial charge < -0.3 is 25.1 Å². The number of nitrogens with zero attached hydrogens (tertiary/aromatic N) is 8. The van der Waals surface area contributed by atoms with Crippen LogP contribution >= 0.6 is 0 Å². The standard InChI is InChI=1S/C40H49F2N9O4/c1-4-14-49-26-38(53)50-35(19-32-33(41)17-31(52)18-34(32)42)39(54)48(25-37(50)51(49)40(55)43-20-28-10-7-6-8-11-28)22-29-12-9-13-36(44-29)47-23-30(24-47)46-16-15-45(5-2)27(3)21-46/h4,6-13,17-18,27,30,35,37,52H,1,5,14-16,19-26H2,2-3H3,(H,43,55)/t27-,35-,37-/m0/s1. The Balaban J connectivity index is 1.15. The molecule has 15 heteroatoms. The van der Waals surface area contributed by atoms with Crippen molar-refractivity contribution in [3.63, 3.8) is 0 Å². The topological polar surface area (TPSA) is 119 Å². The highest BCUT2D eigenvalue weighted by Gasteiger charge is 2.51. The summed E-state index contributed by atoms with van der Waals surface area (Å²) in [5.41, 5.74) is 1.01. The summed E-state index contributed by atoms with van der Waals surface area (Å²) in [6.07, 6.45) is 0.0501. The number of likely N-dealkylation sites (N-methyl/N-ethyl adjacent to an activating group) is 1. The number of hydrogen-bond acceptors (Lipinski definition) is 9. The number of benzene rings is 2. The van der Waals surface area contributed by atoms with E-state index in [2.05, 4.69) is 40.4 Å².